The maximum absolute atomic E-state index is 12.1. The van der Waals surface area contributed by atoms with Crippen LogP contribution in [0.1, 0.15) is 16.2 Å². The maximum Gasteiger partial charge on any atom is 0.573 e. The molecule has 0 aliphatic rings. The van der Waals surface area contributed by atoms with Crippen LogP contribution in [0.4, 0.5) is 13.2 Å². The zero-order chi connectivity index (χ0) is 18.6. The van der Waals surface area contributed by atoms with E-state index in [0.29, 0.717) is 5.76 Å². The summed E-state index contributed by atoms with van der Waals surface area (Å²) in [6, 6.07) is 13.7. The van der Waals surface area contributed by atoms with E-state index in [0.717, 1.165) is 17.7 Å². The van der Waals surface area contributed by atoms with Gasteiger partial charge in [0, 0.05) is 5.56 Å². The SMILES string of the molecule is O=C(OCc1ncc(-c2ccccc2)o1)c1ccc(OC(F)(F)F)cc1. The summed E-state index contributed by atoms with van der Waals surface area (Å²) in [5, 5.41) is 0. The molecule has 1 aromatic heterocycles. The second kappa shape index (κ2) is 7.30. The number of rotatable bonds is 5. The lowest BCUT2D eigenvalue weighted by Gasteiger charge is -2.09. The van der Waals surface area contributed by atoms with E-state index >= 15 is 0 Å². The van der Waals surface area contributed by atoms with Crippen LogP contribution in [0.25, 0.3) is 11.3 Å². The van der Waals surface area contributed by atoms with Gasteiger partial charge in [-0.25, -0.2) is 9.78 Å². The predicted molar refractivity (Wildman–Crippen MR) is 84.2 cm³/mol. The normalized spacial score (nSPS) is 11.2. The zero-order valence-corrected chi connectivity index (χ0v) is 13.2. The van der Waals surface area contributed by atoms with Gasteiger partial charge in [0.05, 0.1) is 11.8 Å². The summed E-state index contributed by atoms with van der Waals surface area (Å²) < 4.78 is 50.6. The van der Waals surface area contributed by atoms with E-state index in [1.54, 1.807) is 0 Å². The summed E-state index contributed by atoms with van der Waals surface area (Å²) in [7, 11) is 0. The number of hydrogen-bond donors (Lipinski definition) is 0. The van der Waals surface area contributed by atoms with E-state index in [-0.39, 0.29) is 18.1 Å². The molecule has 0 N–H and O–H groups in total. The van der Waals surface area contributed by atoms with Crippen molar-refractivity contribution in [3.05, 3.63) is 72.2 Å². The van der Waals surface area contributed by atoms with Crippen LogP contribution in [-0.4, -0.2) is 17.3 Å². The van der Waals surface area contributed by atoms with E-state index in [1.165, 1.54) is 18.3 Å². The molecule has 3 aromatic rings. The van der Waals surface area contributed by atoms with E-state index in [2.05, 4.69) is 9.72 Å². The number of nitrogens with zero attached hydrogens (tertiary/aromatic N) is 1. The van der Waals surface area contributed by atoms with Crippen LogP contribution in [0.2, 0.25) is 0 Å². The van der Waals surface area contributed by atoms with Gasteiger partial charge >= 0.3 is 12.3 Å². The van der Waals surface area contributed by atoms with Gasteiger partial charge in [0.15, 0.2) is 12.4 Å². The summed E-state index contributed by atoms with van der Waals surface area (Å²) in [5.41, 5.74) is 0.909. The van der Waals surface area contributed by atoms with Crippen molar-refractivity contribution in [1.82, 2.24) is 4.98 Å². The number of ether oxygens (including phenoxy) is 2. The highest BCUT2D eigenvalue weighted by molar-refractivity contribution is 5.89. The molecular formula is C18H12F3NO4. The van der Waals surface area contributed by atoms with Crippen molar-refractivity contribution < 1.29 is 31.9 Å². The molecule has 0 atom stereocenters. The fourth-order valence-electron chi connectivity index (χ4n) is 2.12. The molecule has 5 nitrogen and oxygen atoms in total. The van der Waals surface area contributed by atoms with Gasteiger partial charge in [-0.2, -0.15) is 0 Å². The fourth-order valence-corrected chi connectivity index (χ4v) is 2.12. The molecule has 0 unspecified atom stereocenters. The molecule has 0 saturated carbocycles. The zero-order valence-electron chi connectivity index (χ0n) is 13.2. The first-order valence-electron chi connectivity index (χ1n) is 7.44. The molecule has 26 heavy (non-hydrogen) atoms. The Labute approximate surface area is 146 Å². The Kier molecular flexibility index (Phi) is 4.92. The summed E-state index contributed by atoms with van der Waals surface area (Å²) >= 11 is 0. The van der Waals surface area contributed by atoms with E-state index in [9.17, 15) is 18.0 Å². The molecule has 0 saturated heterocycles. The van der Waals surface area contributed by atoms with Gasteiger partial charge in [-0.3, -0.25) is 0 Å². The Morgan fingerprint density at radius 3 is 2.38 bits per heavy atom. The van der Waals surface area contributed by atoms with Crippen molar-refractivity contribution in [3.8, 4) is 17.1 Å². The molecule has 8 heteroatoms. The van der Waals surface area contributed by atoms with Crippen LogP contribution in [0.3, 0.4) is 0 Å². The molecule has 0 spiro atoms. The number of carbonyl (C=O) groups is 1. The highest BCUT2D eigenvalue weighted by Crippen LogP contribution is 2.23. The average molecular weight is 363 g/mol. The molecular weight excluding hydrogens is 351 g/mol. The van der Waals surface area contributed by atoms with Crippen molar-refractivity contribution in [2.75, 3.05) is 0 Å². The third-order valence-corrected chi connectivity index (χ3v) is 3.26. The fraction of sp³-hybridized carbons (Fsp3) is 0.111. The molecule has 0 amide bonds. The Balaban J connectivity index is 1.58. The molecule has 0 radical (unpaired) electrons. The quantitative estimate of drug-likeness (QED) is 0.620. The van der Waals surface area contributed by atoms with Crippen LogP contribution in [0, 0.1) is 0 Å². The van der Waals surface area contributed by atoms with Gasteiger partial charge in [-0.05, 0) is 24.3 Å². The first-order chi connectivity index (χ1) is 12.4. The van der Waals surface area contributed by atoms with Crippen molar-refractivity contribution in [2.24, 2.45) is 0 Å². The number of benzene rings is 2. The van der Waals surface area contributed by atoms with Crippen LogP contribution in [-0.2, 0) is 11.3 Å². The highest BCUT2D eigenvalue weighted by atomic mass is 19.4. The van der Waals surface area contributed by atoms with Gasteiger partial charge < -0.3 is 13.9 Å². The first-order valence-corrected chi connectivity index (χ1v) is 7.44. The molecule has 0 fully saturated rings. The van der Waals surface area contributed by atoms with Crippen molar-refractivity contribution >= 4 is 5.97 Å². The number of halogens is 3. The number of aromatic nitrogens is 1. The lowest BCUT2D eigenvalue weighted by atomic mass is 10.2. The Bertz CT molecular complexity index is 873. The maximum atomic E-state index is 12.1. The van der Waals surface area contributed by atoms with Gasteiger partial charge in [0.1, 0.15) is 5.75 Å². The molecule has 0 aliphatic carbocycles. The first kappa shape index (κ1) is 17.5. The van der Waals surface area contributed by atoms with Crippen LogP contribution in [0.15, 0.2) is 65.2 Å². The van der Waals surface area contributed by atoms with Gasteiger partial charge in [0.25, 0.3) is 0 Å². The van der Waals surface area contributed by atoms with Crippen molar-refractivity contribution in [1.29, 1.82) is 0 Å². The molecule has 1 heterocycles. The van der Waals surface area contributed by atoms with Crippen molar-refractivity contribution in [3.63, 3.8) is 0 Å². The third kappa shape index (κ3) is 4.62. The number of alkyl halides is 3. The molecule has 134 valence electrons. The standard InChI is InChI=1S/C18H12F3NO4/c19-18(20,21)26-14-8-6-13(7-9-14)17(23)24-11-16-22-10-15(25-16)12-4-2-1-3-5-12/h1-10H,11H2. The molecule has 3 rings (SSSR count). The Hall–Kier alpha value is -3.29. The second-order valence-corrected chi connectivity index (χ2v) is 5.13. The lowest BCUT2D eigenvalue weighted by molar-refractivity contribution is -0.274. The van der Waals surface area contributed by atoms with Crippen LogP contribution >= 0.6 is 0 Å². The average Bonchev–Trinajstić information content (AvgIpc) is 3.09. The summed E-state index contributed by atoms with van der Waals surface area (Å²) in [4.78, 5) is 16.0. The summed E-state index contributed by atoms with van der Waals surface area (Å²) in [6.45, 7) is -0.202. The molecule has 0 bridgehead atoms. The number of carbonyl (C=O) groups excluding carboxylic acids is 1. The van der Waals surface area contributed by atoms with E-state index in [1.807, 2.05) is 30.3 Å². The minimum atomic E-state index is -4.79. The Morgan fingerprint density at radius 1 is 1.04 bits per heavy atom. The number of hydrogen-bond acceptors (Lipinski definition) is 5. The largest absolute Gasteiger partial charge is 0.573 e. The summed E-state index contributed by atoms with van der Waals surface area (Å²) in [6.07, 6.45) is -3.27. The lowest BCUT2D eigenvalue weighted by Crippen LogP contribution is -2.17. The van der Waals surface area contributed by atoms with E-state index in [4.69, 9.17) is 9.15 Å². The van der Waals surface area contributed by atoms with Crippen molar-refractivity contribution in [2.45, 2.75) is 13.0 Å². The number of oxazole rings is 1. The third-order valence-electron chi connectivity index (χ3n) is 3.26. The highest BCUT2D eigenvalue weighted by Gasteiger charge is 2.31. The topological polar surface area (TPSA) is 61.6 Å². The van der Waals surface area contributed by atoms with E-state index < -0.39 is 18.1 Å². The second-order valence-electron chi connectivity index (χ2n) is 5.13. The Morgan fingerprint density at radius 2 is 1.73 bits per heavy atom. The van der Waals surface area contributed by atoms with Gasteiger partial charge in [0.2, 0.25) is 5.89 Å². The number of esters is 1. The van der Waals surface area contributed by atoms with Gasteiger partial charge in [-0.1, -0.05) is 30.3 Å². The molecule has 2 aromatic carbocycles. The minimum Gasteiger partial charge on any atom is -0.452 e. The van der Waals surface area contributed by atoms with Crippen LogP contribution in [0.5, 0.6) is 5.75 Å². The van der Waals surface area contributed by atoms with Crippen LogP contribution < -0.4 is 4.74 Å². The monoisotopic (exact) mass is 363 g/mol. The predicted octanol–water partition coefficient (Wildman–Crippen LogP) is 4.60. The smallest absolute Gasteiger partial charge is 0.452 e. The summed E-state index contributed by atoms with van der Waals surface area (Å²) in [5.74, 6) is -0.406. The van der Waals surface area contributed by atoms with Gasteiger partial charge in [-0.15, -0.1) is 13.2 Å². The molecule has 0 aliphatic heterocycles. The minimum absolute atomic E-state index is 0.0781.